The molecular weight excluding hydrogens is 83.0 g/mol. The van der Waals surface area contributed by atoms with E-state index in [1.807, 2.05) is 0 Å². The number of rotatable bonds is 2. The third kappa shape index (κ3) is 3.63. The number of hydrogen-bond acceptors (Lipinski definition) is 1. The van der Waals surface area contributed by atoms with Gasteiger partial charge >= 0.3 is 0 Å². The van der Waals surface area contributed by atoms with Crippen molar-refractivity contribution in [3.63, 3.8) is 0 Å². The van der Waals surface area contributed by atoms with Gasteiger partial charge in [-0.05, 0) is 0 Å². The van der Waals surface area contributed by atoms with Crippen LogP contribution in [0.3, 0.4) is 0 Å². The van der Waals surface area contributed by atoms with Crippen LogP contribution in [0.1, 0.15) is 6.42 Å². The average molecular weight is 90.1 g/mol. The first kappa shape index (κ1) is 5.63. The Hall–Kier alpha value is -0.370. The maximum atomic E-state index is 11.2. The lowest BCUT2D eigenvalue weighted by Gasteiger charge is -1.87. The topological polar surface area (TPSA) is 20.2 Å². The maximum absolute atomic E-state index is 11.2. The highest BCUT2D eigenvalue weighted by Gasteiger charge is 1.89. The number of aliphatic hydroxyl groups is 1. The molecule has 0 aromatic rings. The Morgan fingerprint density at radius 1 is 2.00 bits per heavy atom. The summed E-state index contributed by atoms with van der Waals surface area (Å²) in [5, 5.41) is 7.81. The lowest BCUT2D eigenvalue weighted by Crippen LogP contribution is -1.91. The molecule has 0 bridgehead atoms. The van der Waals surface area contributed by atoms with E-state index < -0.39 is 6.36 Å². The van der Waals surface area contributed by atoms with Crippen molar-refractivity contribution >= 4 is 0 Å². The van der Waals surface area contributed by atoms with Crippen LogP contribution in [0.5, 0.6) is 0 Å². The fraction of sp³-hybridized carbons (Fsp3) is 0.500. The molecule has 0 saturated carbocycles. The van der Waals surface area contributed by atoms with Crippen molar-refractivity contribution < 1.29 is 9.50 Å². The molecule has 1 N–H and O–H groups in total. The summed E-state index contributed by atoms with van der Waals surface area (Å²) in [7, 11) is 0. The SMILES string of the molecule is C=CCC(O)F. The first-order valence-electron chi connectivity index (χ1n) is 1.70. The third-order valence-electron chi connectivity index (χ3n) is 0.361. The van der Waals surface area contributed by atoms with E-state index in [2.05, 4.69) is 6.58 Å². The van der Waals surface area contributed by atoms with Gasteiger partial charge in [-0.25, -0.2) is 4.39 Å². The molecule has 0 radical (unpaired) electrons. The maximum Gasteiger partial charge on any atom is 0.199 e. The highest BCUT2D eigenvalue weighted by molar-refractivity contribution is 4.65. The van der Waals surface area contributed by atoms with Gasteiger partial charge in [0.1, 0.15) is 0 Å². The predicted molar refractivity (Wildman–Crippen MR) is 21.9 cm³/mol. The smallest absolute Gasteiger partial charge is 0.199 e. The number of aliphatic hydroxyl groups excluding tert-OH is 1. The quantitative estimate of drug-likeness (QED) is 0.498. The summed E-state index contributed by atoms with van der Waals surface area (Å²) in [5.41, 5.74) is 0. The second kappa shape index (κ2) is 2.85. The van der Waals surface area contributed by atoms with Crippen LogP contribution in [0.25, 0.3) is 0 Å². The van der Waals surface area contributed by atoms with Crippen molar-refractivity contribution in [2.24, 2.45) is 0 Å². The monoisotopic (exact) mass is 90.0 g/mol. The summed E-state index contributed by atoms with van der Waals surface area (Å²) >= 11 is 0. The van der Waals surface area contributed by atoms with Crippen LogP contribution >= 0.6 is 0 Å². The first-order valence-corrected chi connectivity index (χ1v) is 1.70. The van der Waals surface area contributed by atoms with Gasteiger partial charge in [-0.1, -0.05) is 6.08 Å². The molecule has 0 aliphatic rings. The molecular formula is C4H7FO. The summed E-state index contributed by atoms with van der Waals surface area (Å²) in [6.45, 7) is 3.20. The molecule has 0 heterocycles. The Labute approximate surface area is 36.1 Å². The van der Waals surface area contributed by atoms with Crippen LogP contribution in [0.4, 0.5) is 4.39 Å². The highest BCUT2D eigenvalue weighted by atomic mass is 19.1. The fourth-order valence-corrected chi connectivity index (χ4v) is 0.138. The molecule has 0 aliphatic heterocycles. The summed E-state index contributed by atoms with van der Waals surface area (Å²) in [6.07, 6.45) is -0.368. The normalized spacial score (nSPS) is 13.7. The van der Waals surface area contributed by atoms with Crippen LogP contribution < -0.4 is 0 Å². The molecule has 6 heavy (non-hydrogen) atoms. The lowest BCUT2D eigenvalue weighted by molar-refractivity contribution is 0.0455. The van der Waals surface area contributed by atoms with Gasteiger partial charge in [0.2, 0.25) is 0 Å². The molecule has 36 valence electrons. The molecule has 0 spiro atoms. The minimum atomic E-state index is -1.72. The van der Waals surface area contributed by atoms with E-state index in [-0.39, 0.29) is 6.42 Å². The number of hydrogen-bond donors (Lipinski definition) is 1. The van der Waals surface area contributed by atoms with Crippen molar-refractivity contribution in [3.8, 4) is 0 Å². The van der Waals surface area contributed by atoms with E-state index in [0.29, 0.717) is 0 Å². The van der Waals surface area contributed by atoms with Gasteiger partial charge in [0.25, 0.3) is 0 Å². The third-order valence-corrected chi connectivity index (χ3v) is 0.361. The predicted octanol–water partition coefficient (Wildman–Crippen LogP) is 0.850. The molecule has 1 nitrogen and oxygen atoms in total. The number of alkyl halides is 1. The standard InChI is InChI=1S/C4H7FO/c1-2-3-4(5)6/h2,4,6H,1,3H2. The second-order valence-corrected chi connectivity index (χ2v) is 0.959. The first-order chi connectivity index (χ1) is 2.77. The second-order valence-electron chi connectivity index (χ2n) is 0.959. The van der Waals surface area contributed by atoms with Crippen molar-refractivity contribution in [3.05, 3.63) is 12.7 Å². The molecule has 0 aliphatic carbocycles. The van der Waals surface area contributed by atoms with E-state index in [1.54, 1.807) is 0 Å². The molecule has 0 aromatic carbocycles. The fourth-order valence-electron chi connectivity index (χ4n) is 0.138. The minimum absolute atomic E-state index is 0.0278. The molecule has 2 heteroatoms. The molecule has 1 atom stereocenters. The van der Waals surface area contributed by atoms with Crippen LogP contribution in [-0.4, -0.2) is 11.5 Å². The van der Waals surface area contributed by atoms with Crippen molar-refractivity contribution in [2.45, 2.75) is 12.8 Å². The Bertz CT molecular complexity index is 42.8. The lowest BCUT2D eigenvalue weighted by atomic mass is 10.4. The van der Waals surface area contributed by atoms with E-state index >= 15 is 0 Å². The van der Waals surface area contributed by atoms with E-state index in [4.69, 9.17) is 5.11 Å². The highest BCUT2D eigenvalue weighted by Crippen LogP contribution is 1.89. The Morgan fingerprint density at radius 2 is 2.50 bits per heavy atom. The van der Waals surface area contributed by atoms with Gasteiger partial charge in [0.15, 0.2) is 6.36 Å². The van der Waals surface area contributed by atoms with Crippen molar-refractivity contribution in [1.29, 1.82) is 0 Å². The molecule has 0 rings (SSSR count). The van der Waals surface area contributed by atoms with Gasteiger partial charge in [0, 0.05) is 6.42 Å². The van der Waals surface area contributed by atoms with Gasteiger partial charge in [-0.15, -0.1) is 6.58 Å². The minimum Gasteiger partial charge on any atom is -0.364 e. The molecule has 0 amide bonds. The van der Waals surface area contributed by atoms with Crippen LogP contribution in [0, 0.1) is 0 Å². The Balaban J connectivity index is 2.81. The molecule has 1 unspecified atom stereocenters. The summed E-state index contributed by atoms with van der Waals surface area (Å²) in [4.78, 5) is 0. The Morgan fingerprint density at radius 3 is 2.50 bits per heavy atom. The summed E-state index contributed by atoms with van der Waals surface area (Å²) in [5.74, 6) is 0. The number of halogens is 1. The zero-order chi connectivity index (χ0) is 4.99. The van der Waals surface area contributed by atoms with Crippen molar-refractivity contribution in [1.82, 2.24) is 0 Å². The molecule has 0 aromatic heterocycles. The van der Waals surface area contributed by atoms with Crippen LogP contribution in [-0.2, 0) is 0 Å². The van der Waals surface area contributed by atoms with Crippen molar-refractivity contribution in [2.75, 3.05) is 0 Å². The average Bonchev–Trinajstić information content (AvgIpc) is 1.35. The molecule has 0 fully saturated rings. The Kier molecular flexibility index (Phi) is 2.67. The van der Waals surface area contributed by atoms with Crippen LogP contribution in [0.2, 0.25) is 0 Å². The van der Waals surface area contributed by atoms with E-state index in [9.17, 15) is 4.39 Å². The van der Waals surface area contributed by atoms with Gasteiger partial charge in [0.05, 0.1) is 0 Å². The molecule has 0 saturated heterocycles. The van der Waals surface area contributed by atoms with Gasteiger partial charge < -0.3 is 5.11 Å². The van der Waals surface area contributed by atoms with Gasteiger partial charge in [-0.2, -0.15) is 0 Å². The van der Waals surface area contributed by atoms with E-state index in [0.717, 1.165) is 0 Å². The zero-order valence-electron chi connectivity index (χ0n) is 3.39. The van der Waals surface area contributed by atoms with Crippen LogP contribution in [0.15, 0.2) is 12.7 Å². The van der Waals surface area contributed by atoms with E-state index in [1.165, 1.54) is 6.08 Å². The summed E-state index contributed by atoms with van der Waals surface area (Å²) < 4.78 is 11.2. The zero-order valence-corrected chi connectivity index (χ0v) is 3.39. The summed E-state index contributed by atoms with van der Waals surface area (Å²) in [6, 6.07) is 0. The largest absolute Gasteiger partial charge is 0.364 e. The van der Waals surface area contributed by atoms with Gasteiger partial charge in [-0.3, -0.25) is 0 Å².